The number of H-pyrrole nitrogens is 1. The summed E-state index contributed by atoms with van der Waals surface area (Å²) in [6.07, 6.45) is 1.27. The van der Waals surface area contributed by atoms with Crippen LogP contribution in [0.5, 0.6) is 0 Å². The molecule has 0 aliphatic rings. The fourth-order valence-corrected chi connectivity index (χ4v) is 2.38. The molecule has 0 saturated heterocycles. The summed E-state index contributed by atoms with van der Waals surface area (Å²) in [7, 11) is 0. The quantitative estimate of drug-likeness (QED) is 0.594. The fraction of sp³-hybridized carbons (Fsp3) is 0.333. The summed E-state index contributed by atoms with van der Waals surface area (Å²) in [5.41, 5.74) is -0.0165. The molecule has 9 nitrogen and oxygen atoms in total. The van der Waals surface area contributed by atoms with E-state index in [1.807, 2.05) is 30.3 Å². The molecule has 1 amide bonds. The van der Waals surface area contributed by atoms with E-state index < -0.39 is 29.7 Å². The highest BCUT2D eigenvalue weighted by molar-refractivity contribution is 5.81. The number of carbonyl (C=O) groups excluding carboxylic acids is 1. The molecule has 0 unspecified atom stereocenters. The van der Waals surface area contributed by atoms with Crippen molar-refractivity contribution in [1.29, 1.82) is 0 Å². The molecule has 1 aromatic carbocycles. The number of carboxylic acids is 1. The first-order chi connectivity index (χ1) is 12.9. The minimum absolute atomic E-state index is 0.0645. The number of carboxylic acid groups (broad SMARTS) is 1. The molecular formula is C18H21N3O6. The number of ether oxygens (including phenoxy) is 1. The number of aliphatic carboxylic acids is 1. The number of nitrogens with zero attached hydrogens (tertiary/aromatic N) is 2. The van der Waals surface area contributed by atoms with Crippen molar-refractivity contribution in [2.45, 2.75) is 20.1 Å². The first-order valence-corrected chi connectivity index (χ1v) is 8.28. The maximum atomic E-state index is 12.4. The van der Waals surface area contributed by atoms with Crippen molar-refractivity contribution in [1.82, 2.24) is 14.5 Å². The standard InChI is InChI=1S/C18H21N3O6/c1-13-9-21(18(26)19-17(13)25)10-15(22)20(11-16(23)24)7-8-27-12-14-5-3-2-4-6-14/h2-6,9H,7-8,10-12H2,1H3,(H,23,24)(H,19,25,26). The van der Waals surface area contributed by atoms with Gasteiger partial charge in [-0.25, -0.2) is 4.79 Å². The topological polar surface area (TPSA) is 122 Å². The van der Waals surface area contributed by atoms with Crippen molar-refractivity contribution in [2.75, 3.05) is 19.7 Å². The molecule has 0 aliphatic heterocycles. The van der Waals surface area contributed by atoms with Gasteiger partial charge in [-0.2, -0.15) is 0 Å². The van der Waals surface area contributed by atoms with Crippen molar-refractivity contribution in [2.24, 2.45) is 0 Å². The van der Waals surface area contributed by atoms with Crippen molar-refractivity contribution in [3.05, 3.63) is 68.5 Å². The third kappa shape index (κ3) is 6.23. The Labute approximate surface area is 154 Å². The van der Waals surface area contributed by atoms with Gasteiger partial charge in [0, 0.05) is 18.3 Å². The van der Waals surface area contributed by atoms with E-state index >= 15 is 0 Å². The Kier molecular flexibility index (Phi) is 7.07. The molecule has 27 heavy (non-hydrogen) atoms. The summed E-state index contributed by atoms with van der Waals surface area (Å²) in [5, 5.41) is 9.02. The van der Waals surface area contributed by atoms with Crippen LogP contribution < -0.4 is 11.2 Å². The molecule has 2 aromatic rings. The first-order valence-electron chi connectivity index (χ1n) is 8.28. The predicted octanol–water partition coefficient (Wildman–Crippen LogP) is -0.0250. The number of hydrogen-bond acceptors (Lipinski definition) is 5. The summed E-state index contributed by atoms with van der Waals surface area (Å²) < 4.78 is 6.53. The van der Waals surface area contributed by atoms with Crippen molar-refractivity contribution >= 4 is 11.9 Å². The number of nitrogens with one attached hydrogen (secondary N) is 1. The van der Waals surface area contributed by atoms with Gasteiger partial charge in [0.25, 0.3) is 5.56 Å². The van der Waals surface area contributed by atoms with Crippen molar-refractivity contribution < 1.29 is 19.4 Å². The van der Waals surface area contributed by atoms with E-state index in [0.717, 1.165) is 15.0 Å². The van der Waals surface area contributed by atoms with E-state index in [9.17, 15) is 19.2 Å². The third-order valence-corrected chi connectivity index (χ3v) is 3.79. The van der Waals surface area contributed by atoms with Crippen LogP contribution in [0, 0.1) is 6.92 Å². The number of carbonyl (C=O) groups is 2. The van der Waals surface area contributed by atoms with Crippen LogP contribution in [0.25, 0.3) is 0 Å². The van der Waals surface area contributed by atoms with E-state index in [-0.39, 0.29) is 25.3 Å². The zero-order chi connectivity index (χ0) is 19.8. The molecule has 0 saturated carbocycles. The molecule has 0 spiro atoms. The number of amides is 1. The molecule has 144 valence electrons. The molecule has 9 heteroatoms. The maximum Gasteiger partial charge on any atom is 0.328 e. The smallest absolute Gasteiger partial charge is 0.328 e. The monoisotopic (exact) mass is 375 g/mol. The molecule has 0 radical (unpaired) electrons. The number of benzene rings is 1. The molecule has 0 atom stereocenters. The van der Waals surface area contributed by atoms with Gasteiger partial charge in [-0.05, 0) is 12.5 Å². The van der Waals surface area contributed by atoms with E-state index in [1.165, 1.54) is 13.1 Å². The minimum Gasteiger partial charge on any atom is -0.480 e. The minimum atomic E-state index is -1.17. The van der Waals surface area contributed by atoms with Crippen molar-refractivity contribution in [3.8, 4) is 0 Å². The molecule has 2 rings (SSSR count). The normalized spacial score (nSPS) is 10.6. The molecule has 2 N–H and O–H groups in total. The zero-order valence-electron chi connectivity index (χ0n) is 14.9. The highest BCUT2D eigenvalue weighted by atomic mass is 16.5. The summed E-state index contributed by atoms with van der Waals surface area (Å²) in [6, 6.07) is 9.43. The highest BCUT2D eigenvalue weighted by Gasteiger charge is 2.18. The number of aryl methyl sites for hydroxylation is 1. The van der Waals surface area contributed by atoms with Crippen molar-refractivity contribution in [3.63, 3.8) is 0 Å². The molecule has 1 heterocycles. The number of hydrogen-bond donors (Lipinski definition) is 2. The van der Waals surface area contributed by atoms with Gasteiger partial charge in [0.15, 0.2) is 0 Å². The van der Waals surface area contributed by atoms with Gasteiger partial charge in [-0.15, -0.1) is 0 Å². The van der Waals surface area contributed by atoms with Gasteiger partial charge in [-0.3, -0.25) is 23.9 Å². The Morgan fingerprint density at radius 2 is 1.93 bits per heavy atom. The zero-order valence-corrected chi connectivity index (χ0v) is 14.9. The lowest BCUT2D eigenvalue weighted by atomic mass is 10.2. The fourth-order valence-electron chi connectivity index (χ4n) is 2.38. The van der Waals surface area contributed by atoms with Crippen LogP contribution in [-0.2, 0) is 27.5 Å². The SMILES string of the molecule is Cc1cn(CC(=O)N(CCOCc2ccccc2)CC(=O)O)c(=O)[nH]c1=O. The molecular weight excluding hydrogens is 354 g/mol. The average Bonchev–Trinajstić information content (AvgIpc) is 2.62. The lowest BCUT2D eigenvalue weighted by Crippen LogP contribution is -2.42. The highest BCUT2D eigenvalue weighted by Crippen LogP contribution is 2.01. The Morgan fingerprint density at radius 3 is 2.59 bits per heavy atom. The summed E-state index contributed by atoms with van der Waals surface area (Å²) in [5.74, 6) is -1.73. The maximum absolute atomic E-state index is 12.4. The number of rotatable bonds is 9. The van der Waals surface area contributed by atoms with Crippen LogP contribution in [0.15, 0.2) is 46.1 Å². The van der Waals surface area contributed by atoms with Crippen LogP contribution in [0.3, 0.4) is 0 Å². The van der Waals surface area contributed by atoms with E-state index in [4.69, 9.17) is 9.84 Å². The molecule has 1 aromatic heterocycles. The van der Waals surface area contributed by atoms with Gasteiger partial charge < -0.3 is 14.7 Å². The summed E-state index contributed by atoms with van der Waals surface area (Å²) in [6.45, 7) is 1.18. The summed E-state index contributed by atoms with van der Waals surface area (Å²) in [4.78, 5) is 49.8. The van der Waals surface area contributed by atoms with Crippen LogP contribution >= 0.6 is 0 Å². The van der Waals surface area contributed by atoms with Crippen LogP contribution in [-0.4, -0.2) is 51.1 Å². The molecule has 0 fully saturated rings. The predicted molar refractivity (Wildman–Crippen MR) is 96.4 cm³/mol. The van der Waals surface area contributed by atoms with Gasteiger partial charge in [0.05, 0.1) is 13.2 Å². The Hall–Kier alpha value is -3.20. The van der Waals surface area contributed by atoms with E-state index in [1.54, 1.807) is 0 Å². The Balaban J connectivity index is 1.97. The van der Waals surface area contributed by atoms with Crippen LogP contribution in [0.1, 0.15) is 11.1 Å². The second-order valence-corrected chi connectivity index (χ2v) is 5.95. The van der Waals surface area contributed by atoms with Gasteiger partial charge in [-0.1, -0.05) is 30.3 Å². The molecule has 0 aliphatic carbocycles. The largest absolute Gasteiger partial charge is 0.480 e. The second kappa shape index (κ2) is 9.48. The van der Waals surface area contributed by atoms with E-state index in [0.29, 0.717) is 6.61 Å². The second-order valence-electron chi connectivity index (χ2n) is 5.95. The Morgan fingerprint density at radius 1 is 1.22 bits per heavy atom. The lowest BCUT2D eigenvalue weighted by Gasteiger charge is -2.21. The first kappa shape index (κ1) is 20.1. The van der Waals surface area contributed by atoms with Crippen LogP contribution in [0.4, 0.5) is 0 Å². The van der Waals surface area contributed by atoms with Crippen LogP contribution in [0.2, 0.25) is 0 Å². The lowest BCUT2D eigenvalue weighted by molar-refractivity contribution is -0.145. The third-order valence-electron chi connectivity index (χ3n) is 3.79. The van der Waals surface area contributed by atoms with Gasteiger partial charge in [0.1, 0.15) is 13.1 Å². The van der Waals surface area contributed by atoms with E-state index in [2.05, 4.69) is 4.98 Å². The number of aromatic nitrogens is 2. The average molecular weight is 375 g/mol. The Bertz CT molecular complexity index is 903. The molecule has 0 bridgehead atoms. The summed E-state index contributed by atoms with van der Waals surface area (Å²) >= 11 is 0. The van der Waals surface area contributed by atoms with Gasteiger partial charge in [0.2, 0.25) is 5.91 Å². The number of aromatic amines is 1. The van der Waals surface area contributed by atoms with Gasteiger partial charge >= 0.3 is 11.7 Å².